The Kier molecular flexibility index (Phi) is 5.39. The van der Waals surface area contributed by atoms with E-state index in [2.05, 4.69) is 10.3 Å². The topological polar surface area (TPSA) is 116 Å². The highest BCUT2D eigenvalue weighted by Crippen LogP contribution is 2.29. The molecule has 3 aromatic rings. The summed E-state index contributed by atoms with van der Waals surface area (Å²) in [6.07, 6.45) is 1.28. The number of anilines is 1. The minimum Gasteiger partial charge on any atom is -0.495 e. The molecule has 0 aliphatic carbocycles. The lowest BCUT2D eigenvalue weighted by atomic mass is 10.2. The van der Waals surface area contributed by atoms with E-state index in [9.17, 15) is 14.4 Å². The van der Waals surface area contributed by atoms with Gasteiger partial charge in [-0.2, -0.15) is 0 Å². The number of primary amides is 1. The Morgan fingerprint density at radius 2 is 2.11 bits per heavy atom. The van der Waals surface area contributed by atoms with Crippen molar-refractivity contribution in [2.45, 2.75) is 19.9 Å². The molecule has 0 aliphatic rings. The predicted octanol–water partition coefficient (Wildman–Crippen LogP) is 2.73. The number of aromatic nitrogens is 2. The van der Waals surface area contributed by atoms with Crippen LogP contribution in [0.4, 0.5) is 5.69 Å². The van der Waals surface area contributed by atoms with Crippen LogP contribution < -0.4 is 21.3 Å². The summed E-state index contributed by atoms with van der Waals surface area (Å²) in [7, 11) is 1.47. The summed E-state index contributed by atoms with van der Waals surface area (Å²) >= 11 is 7.03. The largest absolute Gasteiger partial charge is 0.495 e. The molecule has 1 atom stereocenters. The molecule has 3 rings (SSSR count). The highest BCUT2D eigenvalue weighted by atomic mass is 35.5. The maximum absolute atomic E-state index is 12.9. The molecule has 0 saturated heterocycles. The Morgan fingerprint density at radius 3 is 2.75 bits per heavy atom. The van der Waals surface area contributed by atoms with Gasteiger partial charge in [-0.1, -0.05) is 11.6 Å². The van der Waals surface area contributed by atoms with Crippen LogP contribution in [0.15, 0.2) is 29.3 Å². The summed E-state index contributed by atoms with van der Waals surface area (Å²) in [5.74, 6) is -0.636. The number of carbonyl (C=O) groups is 2. The van der Waals surface area contributed by atoms with Crippen molar-refractivity contribution in [1.82, 2.24) is 9.55 Å². The van der Waals surface area contributed by atoms with Gasteiger partial charge < -0.3 is 15.8 Å². The predicted molar refractivity (Wildman–Crippen MR) is 108 cm³/mol. The molecular weight excluding hydrogens is 404 g/mol. The number of hydrogen-bond acceptors (Lipinski definition) is 6. The molecule has 0 saturated carbocycles. The van der Waals surface area contributed by atoms with Gasteiger partial charge in [0.2, 0.25) is 5.91 Å². The van der Waals surface area contributed by atoms with E-state index in [1.807, 2.05) is 0 Å². The molecule has 0 spiro atoms. The zero-order chi connectivity index (χ0) is 20.6. The number of aryl methyl sites for hydroxylation is 1. The third-order valence-electron chi connectivity index (χ3n) is 4.32. The van der Waals surface area contributed by atoms with Gasteiger partial charge >= 0.3 is 0 Å². The molecule has 10 heteroatoms. The Hall–Kier alpha value is -2.91. The summed E-state index contributed by atoms with van der Waals surface area (Å²) < 4.78 is 6.42. The number of fused-ring (bicyclic) bond motifs is 1. The van der Waals surface area contributed by atoms with Gasteiger partial charge in [-0.3, -0.25) is 19.0 Å². The van der Waals surface area contributed by atoms with Crippen LogP contribution in [0.25, 0.3) is 10.2 Å². The summed E-state index contributed by atoms with van der Waals surface area (Å²) in [5, 5.41) is 3.41. The van der Waals surface area contributed by atoms with Gasteiger partial charge in [0.15, 0.2) is 0 Å². The number of rotatable bonds is 5. The van der Waals surface area contributed by atoms with Crippen molar-refractivity contribution >= 4 is 50.7 Å². The molecule has 0 aliphatic heterocycles. The van der Waals surface area contributed by atoms with Crippen LogP contribution in [-0.4, -0.2) is 28.5 Å². The van der Waals surface area contributed by atoms with Crippen LogP contribution in [0.3, 0.4) is 0 Å². The quantitative estimate of drug-likeness (QED) is 0.658. The molecule has 8 nitrogen and oxygen atoms in total. The number of amides is 2. The second kappa shape index (κ2) is 7.61. The van der Waals surface area contributed by atoms with Crippen molar-refractivity contribution in [3.05, 3.63) is 50.3 Å². The zero-order valence-electron chi connectivity index (χ0n) is 15.3. The van der Waals surface area contributed by atoms with Crippen molar-refractivity contribution in [2.75, 3.05) is 12.4 Å². The van der Waals surface area contributed by atoms with Gasteiger partial charge in [-0.25, -0.2) is 4.98 Å². The molecule has 3 N–H and O–H groups in total. The second-order valence-corrected chi connectivity index (χ2v) is 7.50. The number of nitrogens with one attached hydrogen (secondary N) is 1. The summed E-state index contributed by atoms with van der Waals surface area (Å²) in [5.41, 5.74) is 5.77. The number of nitrogens with two attached hydrogens (primary N) is 1. The average molecular weight is 421 g/mol. The first-order valence-corrected chi connectivity index (χ1v) is 9.38. The minimum absolute atomic E-state index is 0.276. The highest BCUT2D eigenvalue weighted by molar-refractivity contribution is 7.20. The van der Waals surface area contributed by atoms with Crippen molar-refractivity contribution in [3.8, 4) is 5.75 Å². The smallest absolute Gasteiger partial charge is 0.263 e. The van der Waals surface area contributed by atoms with E-state index >= 15 is 0 Å². The summed E-state index contributed by atoms with van der Waals surface area (Å²) in [4.78, 5) is 42.0. The number of halogens is 1. The fourth-order valence-corrected chi connectivity index (χ4v) is 3.95. The molecule has 28 heavy (non-hydrogen) atoms. The third-order valence-corrected chi connectivity index (χ3v) is 5.77. The standard InChI is InChI=1S/C18H17ClN4O4S/c1-8-13-17(28-14(8)15(20)24)21-7-23(18(13)26)9(2)16(25)22-11-6-10(19)4-5-12(11)27-3/h4-7,9H,1-3H3,(H2,20,24)(H,22,25). The summed E-state index contributed by atoms with van der Waals surface area (Å²) in [6.45, 7) is 3.20. The number of methoxy groups -OCH3 is 1. The van der Waals surface area contributed by atoms with E-state index in [0.29, 0.717) is 26.9 Å². The Balaban J connectivity index is 1.98. The SMILES string of the molecule is COc1ccc(Cl)cc1NC(=O)C(C)n1cnc2sc(C(N)=O)c(C)c2c1=O. The second-order valence-electron chi connectivity index (χ2n) is 6.07. The van der Waals surface area contributed by atoms with E-state index in [0.717, 1.165) is 11.3 Å². The fraction of sp³-hybridized carbons (Fsp3) is 0.222. The van der Waals surface area contributed by atoms with Crippen molar-refractivity contribution < 1.29 is 14.3 Å². The number of nitrogens with zero attached hydrogens (tertiary/aromatic N) is 2. The fourth-order valence-electron chi connectivity index (χ4n) is 2.79. The molecular formula is C18H17ClN4O4S. The molecule has 1 unspecified atom stereocenters. The van der Waals surface area contributed by atoms with Gasteiger partial charge in [0.05, 0.1) is 29.4 Å². The molecule has 1 aromatic carbocycles. The van der Waals surface area contributed by atoms with Crippen LogP contribution in [0, 0.1) is 6.92 Å². The van der Waals surface area contributed by atoms with Crippen LogP contribution in [0.2, 0.25) is 5.02 Å². The van der Waals surface area contributed by atoms with Crippen LogP contribution in [0.1, 0.15) is 28.2 Å². The number of thiophene rings is 1. The van der Waals surface area contributed by atoms with Crippen molar-refractivity contribution in [3.63, 3.8) is 0 Å². The highest BCUT2D eigenvalue weighted by Gasteiger charge is 2.22. The maximum Gasteiger partial charge on any atom is 0.263 e. The maximum atomic E-state index is 12.9. The number of benzene rings is 1. The van der Waals surface area contributed by atoms with Gasteiger partial charge in [0, 0.05) is 5.02 Å². The molecule has 2 heterocycles. The molecule has 146 valence electrons. The first-order valence-electron chi connectivity index (χ1n) is 8.19. The van der Waals surface area contributed by atoms with E-state index < -0.39 is 23.4 Å². The van der Waals surface area contributed by atoms with Crippen LogP contribution >= 0.6 is 22.9 Å². The first kappa shape index (κ1) is 19.8. The first-order chi connectivity index (χ1) is 13.2. The van der Waals surface area contributed by atoms with Gasteiger partial charge in [-0.05, 0) is 37.6 Å². The summed E-state index contributed by atoms with van der Waals surface area (Å²) in [6, 6.07) is 3.95. The van der Waals surface area contributed by atoms with Crippen molar-refractivity contribution in [1.29, 1.82) is 0 Å². The van der Waals surface area contributed by atoms with Crippen molar-refractivity contribution in [2.24, 2.45) is 5.73 Å². The lowest BCUT2D eigenvalue weighted by Gasteiger charge is -2.16. The molecule has 2 amide bonds. The Bertz CT molecular complexity index is 1150. The molecule has 0 fully saturated rings. The van der Waals surface area contributed by atoms with E-state index in [1.165, 1.54) is 18.0 Å². The minimum atomic E-state index is -0.871. The number of ether oxygens (including phenoxy) is 1. The Labute approximate surface area is 168 Å². The Morgan fingerprint density at radius 1 is 1.39 bits per heavy atom. The number of hydrogen-bond donors (Lipinski definition) is 2. The van der Waals surface area contributed by atoms with Gasteiger partial charge in [0.25, 0.3) is 11.5 Å². The van der Waals surface area contributed by atoms with Gasteiger partial charge in [-0.15, -0.1) is 11.3 Å². The van der Waals surface area contributed by atoms with Gasteiger partial charge in [0.1, 0.15) is 16.6 Å². The molecule has 0 radical (unpaired) electrons. The third kappa shape index (κ3) is 3.46. The number of carbonyl (C=O) groups excluding carboxylic acids is 2. The van der Waals surface area contributed by atoms with Crippen LogP contribution in [-0.2, 0) is 4.79 Å². The zero-order valence-corrected chi connectivity index (χ0v) is 16.9. The molecule has 0 bridgehead atoms. The average Bonchev–Trinajstić information content (AvgIpc) is 2.99. The van der Waals surface area contributed by atoms with E-state index in [4.69, 9.17) is 22.1 Å². The normalized spacial score (nSPS) is 12.0. The monoisotopic (exact) mass is 420 g/mol. The van der Waals surface area contributed by atoms with E-state index in [-0.39, 0.29) is 10.3 Å². The lowest BCUT2D eigenvalue weighted by Crippen LogP contribution is -2.32. The van der Waals surface area contributed by atoms with Crippen LogP contribution in [0.5, 0.6) is 5.75 Å². The van der Waals surface area contributed by atoms with E-state index in [1.54, 1.807) is 32.0 Å². The lowest BCUT2D eigenvalue weighted by molar-refractivity contribution is -0.118. The molecule has 2 aromatic heterocycles.